The molecule has 0 bridgehead atoms. The first-order chi connectivity index (χ1) is 10.2. The van der Waals surface area contributed by atoms with Gasteiger partial charge in [-0.15, -0.1) is 0 Å². The Kier molecular flexibility index (Phi) is 4.87. The first-order valence-electron chi connectivity index (χ1n) is 5.89. The SMILES string of the molecule is O=C(Nc1cc(Cl)ccc1OCC(F)(F)F)c1cc(Cl)c[nH]1. The molecule has 0 unspecified atom stereocenters. The average molecular weight is 353 g/mol. The van der Waals surface area contributed by atoms with Gasteiger partial charge in [0.25, 0.3) is 5.91 Å². The van der Waals surface area contributed by atoms with Crippen molar-refractivity contribution in [3.63, 3.8) is 0 Å². The summed E-state index contributed by atoms with van der Waals surface area (Å²) in [5, 5.41) is 2.97. The Morgan fingerprint density at radius 3 is 2.55 bits per heavy atom. The lowest BCUT2D eigenvalue weighted by Crippen LogP contribution is -2.20. The number of carbonyl (C=O) groups is 1. The molecule has 9 heteroatoms. The second-order valence-corrected chi connectivity index (χ2v) is 5.10. The summed E-state index contributed by atoms with van der Waals surface area (Å²) in [7, 11) is 0. The number of rotatable bonds is 4. The van der Waals surface area contributed by atoms with Gasteiger partial charge in [0.15, 0.2) is 6.61 Å². The summed E-state index contributed by atoms with van der Waals surface area (Å²) in [5.41, 5.74) is 0.166. The third-order valence-corrected chi connectivity index (χ3v) is 2.93. The molecule has 0 aliphatic heterocycles. The predicted octanol–water partition coefficient (Wildman–Crippen LogP) is 4.51. The predicted molar refractivity (Wildman–Crippen MR) is 76.8 cm³/mol. The standard InChI is InChI=1S/C13H9Cl2F3N2O2/c14-7-1-2-11(22-6-13(16,17)18)9(3-7)20-12(21)10-4-8(15)5-19-10/h1-5,19H,6H2,(H,20,21). The largest absolute Gasteiger partial charge is 0.482 e. The van der Waals surface area contributed by atoms with Gasteiger partial charge in [-0.3, -0.25) is 4.79 Å². The Labute approximate surface area is 133 Å². The zero-order valence-corrected chi connectivity index (χ0v) is 12.3. The van der Waals surface area contributed by atoms with Crippen molar-refractivity contribution in [1.29, 1.82) is 0 Å². The number of amides is 1. The van der Waals surface area contributed by atoms with Crippen LogP contribution in [0.1, 0.15) is 10.5 Å². The van der Waals surface area contributed by atoms with E-state index >= 15 is 0 Å². The Morgan fingerprint density at radius 2 is 1.95 bits per heavy atom. The fourth-order valence-electron chi connectivity index (χ4n) is 1.57. The van der Waals surface area contributed by atoms with Crippen LogP contribution in [0.15, 0.2) is 30.5 Å². The molecule has 4 nitrogen and oxygen atoms in total. The van der Waals surface area contributed by atoms with E-state index in [1.54, 1.807) is 0 Å². The van der Waals surface area contributed by atoms with Crippen molar-refractivity contribution in [2.24, 2.45) is 0 Å². The van der Waals surface area contributed by atoms with Crippen LogP contribution >= 0.6 is 23.2 Å². The molecule has 1 aromatic heterocycles. The lowest BCUT2D eigenvalue weighted by atomic mass is 10.2. The fraction of sp³-hybridized carbons (Fsp3) is 0.154. The van der Waals surface area contributed by atoms with Gasteiger partial charge < -0.3 is 15.0 Å². The number of aromatic nitrogens is 1. The van der Waals surface area contributed by atoms with E-state index in [4.69, 9.17) is 23.2 Å². The smallest absolute Gasteiger partial charge is 0.422 e. The van der Waals surface area contributed by atoms with E-state index in [1.165, 1.54) is 30.5 Å². The Balaban J connectivity index is 2.18. The number of ether oxygens (including phenoxy) is 1. The number of nitrogens with one attached hydrogen (secondary N) is 2. The van der Waals surface area contributed by atoms with Gasteiger partial charge in [-0.1, -0.05) is 23.2 Å². The van der Waals surface area contributed by atoms with Crippen molar-refractivity contribution in [3.8, 4) is 5.75 Å². The summed E-state index contributed by atoms with van der Waals surface area (Å²) >= 11 is 11.5. The quantitative estimate of drug-likeness (QED) is 0.850. The Hall–Kier alpha value is -1.86. The number of benzene rings is 1. The molecule has 0 saturated carbocycles. The van der Waals surface area contributed by atoms with Gasteiger partial charge in [-0.2, -0.15) is 13.2 Å². The molecule has 0 atom stereocenters. The molecule has 0 radical (unpaired) electrons. The summed E-state index contributed by atoms with van der Waals surface area (Å²) in [6.07, 6.45) is -3.09. The van der Waals surface area contributed by atoms with Gasteiger partial charge in [-0.25, -0.2) is 0 Å². The molecule has 2 rings (SSSR count). The minimum Gasteiger partial charge on any atom is -0.482 e. The highest BCUT2D eigenvalue weighted by atomic mass is 35.5. The van der Waals surface area contributed by atoms with E-state index in [2.05, 4.69) is 15.0 Å². The second kappa shape index (κ2) is 6.50. The topological polar surface area (TPSA) is 54.1 Å². The van der Waals surface area contributed by atoms with Gasteiger partial charge in [0.05, 0.1) is 10.7 Å². The van der Waals surface area contributed by atoms with Crippen molar-refractivity contribution < 1.29 is 22.7 Å². The number of carbonyl (C=O) groups excluding carboxylic acids is 1. The van der Waals surface area contributed by atoms with Gasteiger partial charge in [0.2, 0.25) is 0 Å². The van der Waals surface area contributed by atoms with E-state index < -0.39 is 18.7 Å². The number of hydrogen-bond donors (Lipinski definition) is 2. The van der Waals surface area contributed by atoms with E-state index in [1.807, 2.05) is 0 Å². The van der Waals surface area contributed by atoms with Crippen molar-refractivity contribution in [2.75, 3.05) is 11.9 Å². The summed E-state index contributed by atoms with van der Waals surface area (Å²) in [4.78, 5) is 14.6. The number of alkyl halides is 3. The zero-order chi connectivity index (χ0) is 16.3. The molecule has 1 amide bonds. The maximum atomic E-state index is 12.2. The molecule has 1 aromatic carbocycles. The second-order valence-electron chi connectivity index (χ2n) is 4.23. The molecule has 2 N–H and O–H groups in total. The van der Waals surface area contributed by atoms with E-state index in [-0.39, 0.29) is 22.2 Å². The van der Waals surface area contributed by atoms with E-state index in [9.17, 15) is 18.0 Å². The van der Waals surface area contributed by atoms with E-state index in [0.717, 1.165) is 0 Å². The molecule has 0 aliphatic carbocycles. The zero-order valence-electron chi connectivity index (χ0n) is 10.8. The number of H-pyrrole nitrogens is 1. The van der Waals surface area contributed by atoms with Crippen molar-refractivity contribution in [2.45, 2.75) is 6.18 Å². The van der Waals surface area contributed by atoms with Crippen molar-refractivity contribution in [3.05, 3.63) is 46.2 Å². The van der Waals surface area contributed by atoms with E-state index in [0.29, 0.717) is 5.02 Å². The minimum absolute atomic E-state index is 0.0208. The molecule has 22 heavy (non-hydrogen) atoms. The van der Waals surface area contributed by atoms with Crippen molar-refractivity contribution in [1.82, 2.24) is 4.98 Å². The van der Waals surface area contributed by atoms with Crippen LogP contribution in [0, 0.1) is 0 Å². The third kappa shape index (κ3) is 4.57. The molecule has 118 valence electrons. The van der Waals surface area contributed by atoms with Crippen LogP contribution in [0.3, 0.4) is 0 Å². The van der Waals surface area contributed by atoms with Crippen LogP contribution in [-0.4, -0.2) is 23.7 Å². The summed E-state index contributed by atoms with van der Waals surface area (Å²) in [6, 6.07) is 5.26. The average Bonchev–Trinajstić information content (AvgIpc) is 2.83. The van der Waals surface area contributed by atoms with Gasteiger partial charge in [0, 0.05) is 11.2 Å². The normalized spacial score (nSPS) is 11.3. The monoisotopic (exact) mass is 352 g/mol. The first kappa shape index (κ1) is 16.5. The lowest BCUT2D eigenvalue weighted by Gasteiger charge is -2.14. The van der Waals surface area contributed by atoms with Crippen LogP contribution in [0.5, 0.6) is 5.75 Å². The highest BCUT2D eigenvalue weighted by molar-refractivity contribution is 6.31. The maximum Gasteiger partial charge on any atom is 0.422 e. The summed E-state index contributed by atoms with van der Waals surface area (Å²) in [5.74, 6) is -0.737. The van der Waals surface area contributed by atoms with Gasteiger partial charge in [-0.05, 0) is 24.3 Å². The highest BCUT2D eigenvalue weighted by Crippen LogP contribution is 2.30. The number of aromatic amines is 1. The fourth-order valence-corrected chi connectivity index (χ4v) is 1.91. The number of hydrogen-bond acceptors (Lipinski definition) is 2. The Bertz CT molecular complexity index is 686. The first-order valence-corrected chi connectivity index (χ1v) is 6.64. The molecule has 0 aliphatic rings. The molecule has 0 spiro atoms. The number of halogens is 5. The minimum atomic E-state index is -4.49. The molecular weight excluding hydrogens is 344 g/mol. The molecule has 0 saturated heterocycles. The molecule has 2 aromatic rings. The highest BCUT2D eigenvalue weighted by Gasteiger charge is 2.29. The van der Waals surface area contributed by atoms with Gasteiger partial charge >= 0.3 is 6.18 Å². The third-order valence-electron chi connectivity index (χ3n) is 2.47. The van der Waals surface area contributed by atoms with Crippen LogP contribution < -0.4 is 10.1 Å². The van der Waals surface area contributed by atoms with Crippen LogP contribution in [0.2, 0.25) is 10.0 Å². The maximum absolute atomic E-state index is 12.2. The Morgan fingerprint density at radius 1 is 1.23 bits per heavy atom. The van der Waals surface area contributed by atoms with Crippen LogP contribution in [0.25, 0.3) is 0 Å². The molecular formula is C13H9Cl2F3N2O2. The van der Waals surface area contributed by atoms with Crippen LogP contribution in [0.4, 0.5) is 18.9 Å². The van der Waals surface area contributed by atoms with Crippen LogP contribution in [-0.2, 0) is 0 Å². The summed E-state index contributed by atoms with van der Waals surface area (Å²) in [6.45, 7) is -1.48. The number of anilines is 1. The molecule has 0 fully saturated rings. The summed E-state index contributed by atoms with van der Waals surface area (Å²) < 4.78 is 41.3. The lowest BCUT2D eigenvalue weighted by molar-refractivity contribution is -0.153. The van der Waals surface area contributed by atoms with Crippen molar-refractivity contribution >= 4 is 34.8 Å². The molecule has 1 heterocycles. The van der Waals surface area contributed by atoms with Gasteiger partial charge in [0.1, 0.15) is 11.4 Å².